The van der Waals surface area contributed by atoms with Gasteiger partial charge in [-0.2, -0.15) is 0 Å². The number of aliphatic hydroxyl groups is 1. The number of piperazine rings is 1. The van der Waals surface area contributed by atoms with Crippen LogP contribution in [-0.2, 0) is 4.79 Å². The van der Waals surface area contributed by atoms with Gasteiger partial charge in [0.2, 0.25) is 5.91 Å². The quantitative estimate of drug-likeness (QED) is 0.668. The average Bonchev–Trinajstić information content (AvgIpc) is 2.65. The molecule has 2 aliphatic rings. The van der Waals surface area contributed by atoms with Gasteiger partial charge < -0.3 is 10.0 Å². The highest BCUT2D eigenvalue weighted by atomic mass is 16.3. The molecule has 4 nitrogen and oxygen atoms in total. The van der Waals surface area contributed by atoms with E-state index in [2.05, 4.69) is 4.90 Å². The van der Waals surface area contributed by atoms with E-state index in [9.17, 15) is 9.90 Å². The summed E-state index contributed by atoms with van der Waals surface area (Å²) in [5, 5.41) is 9.79. The van der Waals surface area contributed by atoms with E-state index in [1.165, 1.54) is 0 Å². The molecule has 1 saturated heterocycles. The van der Waals surface area contributed by atoms with Crippen LogP contribution >= 0.6 is 0 Å². The lowest BCUT2D eigenvalue weighted by Crippen LogP contribution is -2.53. The Bertz CT molecular complexity index is 237. The summed E-state index contributed by atoms with van der Waals surface area (Å²) in [5.74, 6) is 0.168. The third-order valence-electron chi connectivity index (χ3n) is 3.67. The van der Waals surface area contributed by atoms with Gasteiger partial charge in [-0.3, -0.25) is 9.69 Å². The summed E-state index contributed by atoms with van der Waals surface area (Å²) in [4.78, 5) is 15.4. The van der Waals surface area contributed by atoms with E-state index in [-0.39, 0.29) is 12.0 Å². The van der Waals surface area contributed by atoms with E-state index in [1.807, 2.05) is 4.90 Å². The van der Waals surface area contributed by atoms with Crippen LogP contribution in [0.15, 0.2) is 0 Å². The van der Waals surface area contributed by atoms with Crippen molar-refractivity contribution >= 4 is 5.91 Å². The first-order chi connectivity index (χ1) is 7.18. The van der Waals surface area contributed by atoms with Gasteiger partial charge in [-0.25, -0.2) is 0 Å². The summed E-state index contributed by atoms with van der Waals surface area (Å²) in [7, 11) is 0. The minimum Gasteiger partial charge on any atom is -0.391 e. The van der Waals surface area contributed by atoms with Gasteiger partial charge in [-0.1, -0.05) is 0 Å². The zero-order valence-electron chi connectivity index (χ0n) is 9.35. The number of nitrogens with zero attached hydrogens (tertiary/aromatic N) is 2. The standard InChI is InChI=1S/C11H20N2O2/c1-9(14)12-5-7-13(8-6-12)10-3-2-4-11(10)15/h10-11,15H,2-8H2,1H3/t10-,11-/m0/s1. The smallest absolute Gasteiger partial charge is 0.219 e. The first-order valence-electron chi connectivity index (χ1n) is 5.86. The van der Waals surface area contributed by atoms with Crippen LogP contribution in [0.1, 0.15) is 26.2 Å². The molecule has 0 bridgehead atoms. The van der Waals surface area contributed by atoms with E-state index in [4.69, 9.17) is 0 Å². The average molecular weight is 212 g/mol. The predicted octanol–water partition coefficient (Wildman–Crippen LogP) is 0.0639. The van der Waals surface area contributed by atoms with Gasteiger partial charge in [-0.15, -0.1) is 0 Å². The number of carbonyl (C=O) groups excluding carboxylic acids is 1. The second-order valence-corrected chi connectivity index (χ2v) is 4.61. The molecule has 0 spiro atoms. The second kappa shape index (κ2) is 4.49. The van der Waals surface area contributed by atoms with Crippen LogP contribution in [0, 0.1) is 0 Å². The lowest BCUT2D eigenvalue weighted by Gasteiger charge is -2.38. The van der Waals surface area contributed by atoms with E-state index in [0.717, 1.165) is 45.4 Å². The summed E-state index contributed by atoms with van der Waals surface area (Å²) in [6.07, 6.45) is 3.05. The van der Waals surface area contributed by atoms with Gasteiger partial charge in [0.25, 0.3) is 0 Å². The normalized spacial score (nSPS) is 33.3. The number of hydrogen-bond donors (Lipinski definition) is 1. The molecule has 4 heteroatoms. The van der Waals surface area contributed by atoms with Crippen LogP contribution in [0.25, 0.3) is 0 Å². The fourth-order valence-corrected chi connectivity index (χ4v) is 2.72. The van der Waals surface area contributed by atoms with Crippen molar-refractivity contribution in [2.45, 2.75) is 38.3 Å². The predicted molar refractivity (Wildman–Crippen MR) is 57.5 cm³/mol. The molecule has 1 aliphatic carbocycles. The van der Waals surface area contributed by atoms with Gasteiger partial charge in [0, 0.05) is 39.1 Å². The van der Waals surface area contributed by atoms with Crippen molar-refractivity contribution < 1.29 is 9.90 Å². The Kier molecular flexibility index (Phi) is 3.26. The van der Waals surface area contributed by atoms with Crippen molar-refractivity contribution in [2.24, 2.45) is 0 Å². The van der Waals surface area contributed by atoms with Crippen LogP contribution in [0.4, 0.5) is 0 Å². The molecule has 86 valence electrons. The molecule has 15 heavy (non-hydrogen) atoms. The van der Waals surface area contributed by atoms with Crippen LogP contribution < -0.4 is 0 Å². The number of rotatable bonds is 1. The zero-order valence-corrected chi connectivity index (χ0v) is 9.35. The van der Waals surface area contributed by atoms with Crippen LogP contribution in [-0.4, -0.2) is 59.1 Å². The molecule has 2 atom stereocenters. The van der Waals surface area contributed by atoms with Crippen molar-refractivity contribution in [2.75, 3.05) is 26.2 Å². The summed E-state index contributed by atoms with van der Waals surface area (Å²) < 4.78 is 0. The van der Waals surface area contributed by atoms with Crippen molar-refractivity contribution in [1.29, 1.82) is 0 Å². The number of carbonyl (C=O) groups is 1. The molecule has 0 unspecified atom stereocenters. The van der Waals surface area contributed by atoms with E-state index >= 15 is 0 Å². The van der Waals surface area contributed by atoms with E-state index in [0.29, 0.717) is 6.04 Å². The molecule has 0 aromatic rings. The maximum Gasteiger partial charge on any atom is 0.219 e. The molecule has 0 aromatic heterocycles. The zero-order chi connectivity index (χ0) is 10.8. The molecule has 1 saturated carbocycles. The van der Waals surface area contributed by atoms with Crippen LogP contribution in [0.2, 0.25) is 0 Å². The Labute approximate surface area is 90.9 Å². The highest BCUT2D eigenvalue weighted by molar-refractivity contribution is 5.73. The monoisotopic (exact) mass is 212 g/mol. The molecule has 0 aromatic carbocycles. The maximum absolute atomic E-state index is 11.1. The third-order valence-corrected chi connectivity index (χ3v) is 3.67. The highest BCUT2D eigenvalue weighted by Crippen LogP contribution is 2.24. The lowest BCUT2D eigenvalue weighted by atomic mass is 10.1. The molecular formula is C11H20N2O2. The van der Waals surface area contributed by atoms with Crippen LogP contribution in [0.5, 0.6) is 0 Å². The SMILES string of the molecule is CC(=O)N1CCN([C@H]2CCC[C@@H]2O)CC1. The third kappa shape index (κ3) is 2.32. The first kappa shape index (κ1) is 10.9. The van der Waals surface area contributed by atoms with Gasteiger partial charge in [-0.05, 0) is 19.3 Å². The van der Waals surface area contributed by atoms with Gasteiger partial charge in [0.1, 0.15) is 0 Å². The molecule has 1 heterocycles. The fraction of sp³-hybridized carbons (Fsp3) is 0.909. The number of hydrogen-bond acceptors (Lipinski definition) is 3. The molecule has 0 radical (unpaired) electrons. The minimum absolute atomic E-state index is 0.145. The van der Waals surface area contributed by atoms with Crippen LogP contribution in [0.3, 0.4) is 0 Å². The Morgan fingerprint density at radius 1 is 1.20 bits per heavy atom. The van der Waals surface area contributed by atoms with Crippen molar-refractivity contribution in [3.63, 3.8) is 0 Å². The Morgan fingerprint density at radius 2 is 1.87 bits per heavy atom. The minimum atomic E-state index is -0.145. The van der Waals surface area contributed by atoms with Gasteiger partial charge >= 0.3 is 0 Å². The van der Waals surface area contributed by atoms with Crippen molar-refractivity contribution in [3.05, 3.63) is 0 Å². The largest absolute Gasteiger partial charge is 0.391 e. The Morgan fingerprint density at radius 3 is 2.33 bits per heavy atom. The molecule has 1 N–H and O–H groups in total. The highest BCUT2D eigenvalue weighted by Gasteiger charge is 2.32. The summed E-state index contributed by atoms with van der Waals surface area (Å²) in [6, 6.07) is 0.346. The van der Waals surface area contributed by atoms with Gasteiger partial charge in [0.05, 0.1) is 6.10 Å². The molecule has 1 amide bonds. The first-order valence-corrected chi connectivity index (χ1v) is 5.86. The molecular weight excluding hydrogens is 192 g/mol. The fourth-order valence-electron chi connectivity index (χ4n) is 2.72. The van der Waals surface area contributed by atoms with Crippen molar-refractivity contribution in [3.8, 4) is 0 Å². The molecule has 1 aliphatic heterocycles. The van der Waals surface area contributed by atoms with E-state index in [1.54, 1.807) is 6.92 Å². The number of amides is 1. The van der Waals surface area contributed by atoms with Gasteiger partial charge in [0.15, 0.2) is 0 Å². The van der Waals surface area contributed by atoms with Crippen molar-refractivity contribution in [1.82, 2.24) is 9.80 Å². The lowest BCUT2D eigenvalue weighted by molar-refractivity contribution is -0.131. The topological polar surface area (TPSA) is 43.8 Å². The Balaban J connectivity index is 1.85. The summed E-state index contributed by atoms with van der Waals surface area (Å²) in [5.41, 5.74) is 0. The summed E-state index contributed by atoms with van der Waals surface area (Å²) in [6.45, 7) is 5.10. The molecule has 2 fully saturated rings. The number of aliphatic hydroxyl groups excluding tert-OH is 1. The summed E-state index contributed by atoms with van der Waals surface area (Å²) >= 11 is 0. The maximum atomic E-state index is 11.1. The molecule has 2 rings (SSSR count). The second-order valence-electron chi connectivity index (χ2n) is 4.61. The Hall–Kier alpha value is -0.610. The van der Waals surface area contributed by atoms with E-state index < -0.39 is 0 Å².